The number of rotatable bonds is 13. The number of carbonyl (C=O) groups is 1. The molecule has 1 atom stereocenters. The van der Waals surface area contributed by atoms with E-state index in [4.69, 9.17) is 9.47 Å². The normalized spacial score (nSPS) is 12.0. The number of benzene rings is 1. The van der Waals surface area contributed by atoms with Crippen LogP contribution in [0.15, 0.2) is 36.7 Å². The summed E-state index contributed by atoms with van der Waals surface area (Å²) in [6.07, 6.45) is 14.0. The minimum absolute atomic E-state index is 0.299. The average Bonchev–Trinajstić information content (AvgIpc) is 2.74. The van der Waals surface area contributed by atoms with Crippen LogP contribution in [-0.2, 0) is 16.0 Å². The summed E-state index contributed by atoms with van der Waals surface area (Å²) < 4.78 is 10.3. The van der Waals surface area contributed by atoms with Gasteiger partial charge in [0.15, 0.2) is 5.82 Å². The van der Waals surface area contributed by atoms with Gasteiger partial charge in [0.05, 0.1) is 12.5 Å². The Bertz CT molecular complexity index is 714. The van der Waals surface area contributed by atoms with E-state index in [0.29, 0.717) is 18.2 Å². The van der Waals surface area contributed by atoms with E-state index < -0.39 is 0 Å². The van der Waals surface area contributed by atoms with Gasteiger partial charge in [-0.1, -0.05) is 45.4 Å². The van der Waals surface area contributed by atoms with E-state index >= 15 is 0 Å². The van der Waals surface area contributed by atoms with Crippen molar-refractivity contribution in [3.8, 4) is 17.1 Å². The quantitative estimate of drug-likeness (QED) is 0.249. The van der Waals surface area contributed by atoms with Gasteiger partial charge in [0, 0.05) is 25.1 Å². The first-order valence-corrected chi connectivity index (χ1v) is 10.8. The van der Waals surface area contributed by atoms with Crippen LogP contribution in [-0.4, -0.2) is 29.7 Å². The molecule has 1 aromatic carbocycles. The number of carbonyl (C=O) groups excluding carboxylic acids is 1. The van der Waals surface area contributed by atoms with Gasteiger partial charge >= 0.3 is 5.97 Å². The van der Waals surface area contributed by atoms with Gasteiger partial charge in [-0.25, -0.2) is 9.97 Å². The molecule has 1 unspecified atom stereocenters. The molecular formula is C24H34N2O3. The van der Waals surface area contributed by atoms with Gasteiger partial charge in [-0.15, -0.1) is 0 Å². The van der Waals surface area contributed by atoms with Crippen LogP contribution < -0.4 is 4.74 Å². The molecule has 0 spiro atoms. The summed E-state index contributed by atoms with van der Waals surface area (Å²) in [5.74, 6) is 0.591. The molecule has 2 aromatic rings. The molecule has 0 bridgehead atoms. The highest BCUT2D eigenvalue weighted by Gasteiger charge is 2.15. The lowest BCUT2D eigenvalue weighted by Gasteiger charge is -2.10. The molecule has 5 heteroatoms. The Morgan fingerprint density at radius 3 is 2.21 bits per heavy atom. The van der Waals surface area contributed by atoms with Gasteiger partial charge in [-0.3, -0.25) is 4.79 Å². The third-order valence-corrected chi connectivity index (χ3v) is 4.92. The van der Waals surface area contributed by atoms with Gasteiger partial charge in [0.1, 0.15) is 5.75 Å². The summed E-state index contributed by atoms with van der Waals surface area (Å²) >= 11 is 0. The number of unbranched alkanes of at least 4 members (excludes halogenated alkanes) is 6. The number of esters is 1. The summed E-state index contributed by atoms with van der Waals surface area (Å²) in [6.45, 7) is 4.37. The summed E-state index contributed by atoms with van der Waals surface area (Å²) in [4.78, 5) is 20.9. The Kier molecular flexibility index (Phi) is 10.4. The summed E-state index contributed by atoms with van der Waals surface area (Å²) in [7, 11) is 1.57. The van der Waals surface area contributed by atoms with Gasteiger partial charge in [0.2, 0.25) is 0 Å². The number of aromatic nitrogens is 2. The molecule has 0 saturated heterocycles. The Hall–Kier alpha value is -2.27. The smallest absolute Gasteiger partial charge is 0.316 e. The first kappa shape index (κ1) is 23.0. The maximum Gasteiger partial charge on any atom is 0.316 e. The summed E-state index contributed by atoms with van der Waals surface area (Å²) in [5, 5.41) is 0. The van der Waals surface area contributed by atoms with Gasteiger partial charge in [0.25, 0.3) is 0 Å². The van der Waals surface area contributed by atoms with Crippen molar-refractivity contribution in [2.45, 2.75) is 65.2 Å². The highest BCUT2D eigenvalue weighted by atomic mass is 16.5. The Labute approximate surface area is 174 Å². The molecule has 2 rings (SSSR count). The molecule has 0 aliphatic carbocycles. The van der Waals surface area contributed by atoms with E-state index in [0.717, 1.165) is 12.0 Å². The molecule has 1 aromatic heterocycles. The maximum absolute atomic E-state index is 11.9. The number of hydrogen-bond acceptors (Lipinski definition) is 5. The molecule has 0 amide bonds. The summed E-state index contributed by atoms with van der Waals surface area (Å²) in [5.41, 5.74) is 2.08. The lowest BCUT2D eigenvalue weighted by molar-refractivity contribution is -0.139. The number of nitrogens with zero attached hydrogens (tertiary/aromatic N) is 2. The van der Waals surface area contributed by atoms with Crippen molar-refractivity contribution in [2.75, 3.05) is 13.7 Å². The van der Waals surface area contributed by atoms with Crippen molar-refractivity contribution in [3.63, 3.8) is 0 Å². The van der Waals surface area contributed by atoms with E-state index in [-0.39, 0.29) is 11.9 Å². The van der Waals surface area contributed by atoms with E-state index in [1.165, 1.54) is 50.5 Å². The second-order valence-corrected chi connectivity index (χ2v) is 7.59. The molecule has 0 radical (unpaired) electrons. The fourth-order valence-electron chi connectivity index (χ4n) is 3.13. The zero-order valence-electron chi connectivity index (χ0n) is 18.0. The average molecular weight is 399 g/mol. The lowest BCUT2D eigenvalue weighted by Crippen LogP contribution is -2.21. The van der Waals surface area contributed by atoms with Crippen LogP contribution in [0.25, 0.3) is 11.4 Å². The fraction of sp³-hybridized carbons (Fsp3) is 0.542. The van der Waals surface area contributed by atoms with Crippen molar-refractivity contribution in [1.29, 1.82) is 0 Å². The Morgan fingerprint density at radius 1 is 0.966 bits per heavy atom. The molecule has 158 valence electrons. The van der Waals surface area contributed by atoms with Crippen molar-refractivity contribution in [1.82, 2.24) is 9.97 Å². The summed E-state index contributed by atoms with van der Waals surface area (Å²) in [6, 6.07) is 7.27. The van der Waals surface area contributed by atoms with Crippen LogP contribution in [0.2, 0.25) is 0 Å². The molecule has 29 heavy (non-hydrogen) atoms. The third-order valence-electron chi connectivity index (χ3n) is 4.92. The maximum atomic E-state index is 11.9. The van der Waals surface area contributed by atoms with Gasteiger partial charge < -0.3 is 9.47 Å². The number of aryl methyl sites for hydroxylation is 1. The molecule has 5 nitrogen and oxygen atoms in total. The largest absolute Gasteiger partial charge is 0.426 e. The van der Waals surface area contributed by atoms with E-state index in [9.17, 15) is 4.79 Å². The minimum atomic E-state index is -0.300. The van der Waals surface area contributed by atoms with Crippen molar-refractivity contribution in [3.05, 3.63) is 42.2 Å². The topological polar surface area (TPSA) is 61.3 Å². The van der Waals surface area contributed by atoms with Crippen molar-refractivity contribution < 1.29 is 14.3 Å². The molecule has 0 aliphatic rings. The van der Waals surface area contributed by atoms with E-state index in [1.54, 1.807) is 26.2 Å². The molecular weight excluding hydrogens is 364 g/mol. The molecule has 0 N–H and O–H groups in total. The highest BCUT2D eigenvalue weighted by molar-refractivity contribution is 5.75. The zero-order chi connectivity index (χ0) is 20.9. The lowest BCUT2D eigenvalue weighted by atomic mass is 10.1. The van der Waals surface area contributed by atoms with Crippen molar-refractivity contribution >= 4 is 5.97 Å². The zero-order valence-corrected chi connectivity index (χ0v) is 18.0. The minimum Gasteiger partial charge on any atom is -0.426 e. The molecule has 0 fully saturated rings. The van der Waals surface area contributed by atoms with Crippen LogP contribution in [0, 0.1) is 5.92 Å². The third kappa shape index (κ3) is 8.32. The number of methoxy groups -OCH3 is 1. The monoisotopic (exact) mass is 398 g/mol. The van der Waals surface area contributed by atoms with E-state index in [1.807, 2.05) is 24.5 Å². The number of hydrogen-bond donors (Lipinski definition) is 0. The van der Waals surface area contributed by atoms with E-state index in [2.05, 4.69) is 16.9 Å². The predicted molar refractivity (Wildman–Crippen MR) is 116 cm³/mol. The highest BCUT2D eigenvalue weighted by Crippen LogP contribution is 2.20. The first-order valence-electron chi connectivity index (χ1n) is 10.8. The Morgan fingerprint density at radius 2 is 1.59 bits per heavy atom. The van der Waals surface area contributed by atoms with Crippen LogP contribution in [0.5, 0.6) is 5.75 Å². The van der Waals surface area contributed by atoms with Crippen LogP contribution in [0.4, 0.5) is 0 Å². The van der Waals surface area contributed by atoms with Crippen LogP contribution >= 0.6 is 0 Å². The second-order valence-electron chi connectivity index (χ2n) is 7.59. The predicted octanol–water partition coefficient (Wildman–Crippen LogP) is 5.62. The fourth-order valence-corrected chi connectivity index (χ4v) is 3.13. The molecule has 0 aliphatic heterocycles. The van der Waals surface area contributed by atoms with Gasteiger partial charge in [-0.2, -0.15) is 0 Å². The Balaban J connectivity index is 1.79. The molecule has 0 saturated carbocycles. The van der Waals surface area contributed by atoms with Crippen LogP contribution in [0.1, 0.15) is 64.4 Å². The van der Waals surface area contributed by atoms with Gasteiger partial charge in [-0.05, 0) is 49.6 Å². The standard InChI is InChI=1S/C24H34N2O3/c1-4-5-6-7-8-9-10-11-20-16-25-23(26-17-20)21-12-14-22(15-13-21)29-24(27)19(2)18-28-3/h12-17,19H,4-11,18H2,1-3H3. The SMILES string of the molecule is CCCCCCCCCc1cnc(-c2ccc(OC(=O)C(C)COC)cc2)nc1. The second kappa shape index (κ2) is 13.0. The van der Waals surface area contributed by atoms with Crippen LogP contribution in [0.3, 0.4) is 0 Å². The van der Waals surface area contributed by atoms with Crippen molar-refractivity contribution in [2.24, 2.45) is 5.92 Å². The molecule has 1 heterocycles. The first-order chi connectivity index (χ1) is 14.1. The number of ether oxygens (including phenoxy) is 2.